The third-order valence-corrected chi connectivity index (χ3v) is 16.7. The fourth-order valence-corrected chi connectivity index (χ4v) is 12.7. The van der Waals surface area contributed by atoms with Gasteiger partial charge < -0.3 is 30.3 Å². The van der Waals surface area contributed by atoms with Gasteiger partial charge in [-0.25, -0.2) is 13.6 Å². The Kier molecular flexibility index (Phi) is 14.0. The molecule has 0 unspecified atom stereocenters. The number of hydrogen-bond donors (Lipinski definition) is 3. The van der Waals surface area contributed by atoms with Gasteiger partial charge in [-0.1, -0.05) is 54.9 Å². The van der Waals surface area contributed by atoms with E-state index >= 15 is 8.78 Å². The second-order valence-electron chi connectivity index (χ2n) is 20.5. The molecule has 5 heterocycles. The summed E-state index contributed by atoms with van der Waals surface area (Å²) in [6.07, 6.45) is 8.30. The highest BCUT2D eigenvalue weighted by Gasteiger charge is 2.50. The minimum Gasteiger partial charge on any atom is -0.494 e. The Morgan fingerprint density at radius 2 is 1.72 bits per heavy atom. The molecule has 5 aromatic rings. The Hall–Kier alpha value is -6.10. The molecule has 14 nitrogen and oxygen atoms in total. The van der Waals surface area contributed by atoms with Gasteiger partial charge >= 0.3 is 6.03 Å². The summed E-state index contributed by atoms with van der Waals surface area (Å²) in [6, 6.07) is 19.8. The van der Waals surface area contributed by atoms with Crippen molar-refractivity contribution in [3.63, 3.8) is 0 Å². The number of halogens is 3. The largest absolute Gasteiger partial charge is 0.494 e. The van der Waals surface area contributed by atoms with E-state index in [4.69, 9.17) is 26.8 Å². The van der Waals surface area contributed by atoms with Crippen LogP contribution < -0.4 is 30.7 Å². The van der Waals surface area contributed by atoms with Gasteiger partial charge in [0.15, 0.2) is 17.4 Å². The zero-order chi connectivity index (χ0) is 50.4. The summed E-state index contributed by atoms with van der Waals surface area (Å²) in [4.78, 5) is 57.4. The van der Waals surface area contributed by atoms with E-state index in [0.29, 0.717) is 42.7 Å². The number of carbonyl (C=O) groups excluding carboxylic acids is 4. The number of amides is 5. The molecule has 4 N–H and O–H groups in total. The van der Waals surface area contributed by atoms with E-state index in [9.17, 15) is 19.2 Å². The molecule has 72 heavy (non-hydrogen) atoms. The second-order valence-corrected chi connectivity index (χ2v) is 20.9. The van der Waals surface area contributed by atoms with Crippen molar-refractivity contribution in [2.24, 2.45) is 24.6 Å². The van der Waals surface area contributed by atoms with Gasteiger partial charge in [-0.3, -0.25) is 29.3 Å². The Morgan fingerprint density at radius 1 is 0.958 bits per heavy atom. The van der Waals surface area contributed by atoms with Crippen LogP contribution in [-0.4, -0.2) is 102 Å². The van der Waals surface area contributed by atoms with Crippen LogP contribution in [0.4, 0.5) is 19.4 Å². The van der Waals surface area contributed by atoms with Crippen LogP contribution in [-0.2, 0) is 22.2 Å². The average molecular weight is 1010 g/mol. The lowest BCUT2D eigenvalue weighted by molar-refractivity contribution is -0.138. The van der Waals surface area contributed by atoms with Gasteiger partial charge in [0, 0.05) is 92.1 Å². The third-order valence-electron chi connectivity index (χ3n) is 16.3. The maximum atomic E-state index is 16.2. The normalized spacial score (nSPS) is 24.0. The molecule has 4 fully saturated rings. The van der Waals surface area contributed by atoms with Gasteiger partial charge in [0.1, 0.15) is 17.2 Å². The highest BCUT2D eigenvalue weighted by atomic mass is 35.5. The van der Waals surface area contributed by atoms with Crippen LogP contribution in [0.5, 0.6) is 11.5 Å². The number of urea groups is 1. The minimum atomic E-state index is -1.00. The predicted molar refractivity (Wildman–Crippen MR) is 271 cm³/mol. The molecule has 5 amide bonds. The summed E-state index contributed by atoms with van der Waals surface area (Å²) in [6.45, 7) is 7.42. The molecule has 0 bridgehead atoms. The van der Waals surface area contributed by atoms with Crippen LogP contribution in [0.3, 0.4) is 0 Å². The van der Waals surface area contributed by atoms with Crippen LogP contribution >= 0.6 is 11.6 Å². The number of piperidine rings is 2. The monoisotopic (exact) mass is 1000 g/mol. The first kappa shape index (κ1) is 49.5. The summed E-state index contributed by atoms with van der Waals surface area (Å²) < 4.78 is 45.9. The SMILES string of the molecule is COc1ccc(C(N)=O)c(-c2c(Cl)c(F)cc3c2[C@H](C)[C@@](CCNC2CCC(C(=O)N4CCC[C@@H](CN5CCC(c6ccc7c(N8CCC(=O)NC8=O)nn(C)c7c6)CC5)C4)CC2)(c2ccccc2)O3)c1F. The number of nitrogens with zero attached hydrogens (tertiary/aromatic N) is 5. The number of hydrogen-bond acceptors (Lipinski definition) is 9. The van der Waals surface area contributed by atoms with Gasteiger partial charge in [-0.2, -0.15) is 5.10 Å². The molecule has 0 spiro atoms. The molecular weight excluding hydrogens is 942 g/mol. The van der Waals surface area contributed by atoms with Crippen LogP contribution in [0.1, 0.15) is 110 Å². The number of imide groups is 1. The number of anilines is 1. The Bertz CT molecular complexity index is 2900. The van der Waals surface area contributed by atoms with Crippen LogP contribution in [0, 0.1) is 23.5 Å². The summed E-state index contributed by atoms with van der Waals surface area (Å²) in [7, 11) is 3.20. The van der Waals surface area contributed by atoms with Crippen molar-refractivity contribution in [1.29, 1.82) is 0 Å². The van der Waals surface area contributed by atoms with Crippen molar-refractivity contribution < 1.29 is 37.4 Å². The summed E-state index contributed by atoms with van der Waals surface area (Å²) in [5.41, 5.74) is 7.96. The summed E-state index contributed by atoms with van der Waals surface area (Å²) in [5.74, 6) is -1.54. The quantitative estimate of drug-likeness (QED) is 0.105. The van der Waals surface area contributed by atoms with E-state index < -0.39 is 35.1 Å². The number of ether oxygens (including phenoxy) is 2. The van der Waals surface area contributed by atoms with Crippen LogP contribution in [0.2, 0.25) is 5.02 Å². The lowest BCUT2D eigenvalue weighted by Gasteiger charge is -2.40. The molecule has 380 valence electrons. The number of carbonyl (C=O) groups is 4. The Morgan fingerprint density at radius 3 is 2.44 bits per heavy atom. The number of likely N-dealkylation sites (tertiary alicyclic amines) is 2. The zero-order valence-electron chi connectivity index (χ0n) is 41.2. The average Bonchev–Trinajstić information content (AvgIpc) is 3.86. The van der Waals surface area contributed by atoms with E-state index in [-0.39, 0.29) is 63.4 Å². The van der Waals surface area contributed by atoms with Crippen molar-refractivity contribution in [3.8, 4) is 22.6 Å². The van der Waals surface area contributed by atoms with E-state index in [1.807, 2.05) is 49.0 Å². The Balaban J connectivity index is 0.731. The number of rotatable bonds is 13. The molecule has 1 aliphatic carbocycles. The standard InChI is InChI=1S/C55H63ClF2N8O6/c1-32-46-44(29-41(57)49(56)48(46)47-40(51(59)68)17-18-43(71-3)50(47)58)72-55(32,37-9-5-4-6-10-37)22-23-60-38-14-11-35(12-15-38)53(69)65-24-7-8-33(31-65)30-64-25-19-34(20-26-64)36-13-16-39-42(28-36)63(2)62-52(39)66-27-21-45(67)61-54(66)70/h4-6,9-10,13,16-18,28-29,32-35,38,60H,7-8,11-12,14-15,19-27,30-31H2,1-3H3,(H2,59,68)(H,61,67,70)/t32-,33-,35?,38?,55-/m0/s1. The summed E-state index contributed by atoms with van der Waals surface area (Å²) >= 11 is 6.71. The molecule has 4 aromatic carbocycles. The maximum absolute atomic E-state index is 16.2. The molecule has 1 aromatic heterocycles. The minimum absolute atomic E-state index is 0.00434. The van der Waals surface area contributed by atoms with E-state index in [1.165, 1.54) is 30.9 Å². The lowest BCUT2D eigenvalue weighted by atomic mass is 9.75. The topological polar surface area (TPSA) is 164 Å². The maximum Gasteiger partial charge on any atom is 0.329 e. The highest BCUT2D eigenvalue weighted by molar-refractivity contribution is 6.34. The van der Waals surface area contributed by atoms with Crippen LogP contribution in [0.25, 0.3) is 22.0 Å². The molecule has 3 atom stereocenters. The number of aromatic nitrogens is 2. The van der Waals surface area contributed by atoms with E-state index in [0.717, 1.165) is 101 Å². The number of fused-ring (bicyclic) bond motifs is 2. The molecule has 0 radical (unpaired) electrons. The van der Waals surface area contributed by atoms with Gasteiger partial charge in [0.05, 0.1) is 23.2 Å². The number of methoxy groups -OCH3 is 1. The first-order valence-electron chi connectivity index (χ1n) is 25.5. The molecular formula is C55H63ClF2N8O6. The predicted octanol–water partition coefficient (Wildman–Crippen LogP) is 8.77. The van der Waals surface area contributed by atoms with Gasteiger partial charge in [0.25, 0.3) is 0 Å². The van der Waals surface area contributed by atoms with Crippen molar-refractivity contribution in [3.05, 3.63) is 106 Å². The fourth-order valence-electron chi connectivity index (χ4n) is 12.5. The lowest BCUT2D eigenvalue weighted by Crippen LogP contribution is -2.49. The van der Waals surface area contributed by atoms with Gasteiger partial charge in [0.2, 0.25) is 17.7 Å². The highest BCUT2D eigenvalue weighted by Crippen LogP contribution is 2.58. The van der Waals surface area contributed by atoms with Crippen molar-refractivity contribution in [2.75, 3.05) is 57.8 Å². The van der Waals surface area contributed by atoms with Crippen molar-refractivity contribution in [1.82, 2.24) is 30.2 Å². The van der Waals surface area contributed by atoms with Crippen molar-refractivity contribution in [2.45, 2.75) is 94.6 Å². The number of benzene rings is 4. The molecule has 3 saturated heterocycles. The van der Waals surface area contributed by atoms with E-state index in [1.54, 1.807) is 4.90 Å². The number of aryl methyl sites for hydroxylation is 1. The van der Waals surface area contributed by atoms with Gasteiger partial charge in [-0.15, -0.1) is 0 Å². The smallest absolute Gasteiger partial charge is 0.329 e. The molecule has 10 rings (SSSR count). The zero-order valence-corrected chi connectivity index (χ0v) is 41.9. The number of nitrogens with one attached hydrogen (secondary N) is 2. The third kappa shape index (κ3) is 9.30. The number of primary amides is 1. The van der Waals surface area contributed by atoms with Crippen molar-refractivity contribution >= 4 is 52.1 Å². The Labute approximate surface area is 423 Å². The first-order valence-corrected chi connectivity index (χ1v) is 25.9. The number of nitrogens with two attached hydrogens (primary N) is 1. The molecule has 1 saturated carbocycles. The van der Waals surface area contributed by atoms with E-state index in [2.05, 4.69) is 43.7 Å². The molecule has 4 aliphatic heterocycles. The fraction of sp³-hybridized carbons (Fsp3) is 0.473. The second kappa shape index (κ2) is 20.4. The summed E-state index contributed by atoms with van der Waals surface area (Å²) in [5, 5.41) is 11.4. The van der Waals surface area contributed by atoms with Crippen LogP contribution in [0.15, 0.2) is 66.7 Å². The van der Waals surface area contributed by atoms with Gasteiger partial charge in [-0.05, 0) is 118 Å². The molecule has 5 aliphatic rings. The first-order chi connectivity index (χ1) is 34.7. The molecule has 17 heteroatoms.